The molecule has 0 bridgehead atoms. The maximum absolute atomic E-state index is 11.7. The topological polar surface area (TPSA) is 69.6 Å². The molecular weight excluding hydrogens is 208 g/mol. The minimum absolute atomic E-state index is 0.0248. The average molecular weight is 228 g/mol. The second kappa shape index (κ2) is 6.48. The van der Waals surface area contributed by atoms with Gasteiger partial charge in [-0.15, -0.1) is 0 Å². The molecular formula is C11H20N2O3. The number of hydrogen-bond donors (Lipinski definition) is 2. The van der Waals surface area contributed by atoms with E-state index < -0.39 is 5.97 Å². The summed E-state index contributed by atoms with van der Waals surface area (Å²) in [5.74, 6) is -0.423. The zero-order valence-electron chi connectivity index (χ0n) is 9.74. The van der Waals surface area contributed by atoms with Crippen LogP contribution in [0.2, 0.25) is 0 Å². The molecule has 92 valence electrons. The molecule has 1 unspecified atom stereocenters. The van der Waals surface area contributed by atoms with Crippen LogP contribution >= 0.6 is 0 Å². The number of piperidine rings is 1. The van der Waals surface area contributed by atoms with Gasteiger partial charge in [0.2, 0.25) is 5.91 Å². The van der Waals surface area contributed by atoms with Gasteiger partial charge in [-0.3, -0.25) is 9.59 Å². The average Bonchev–Trinajstić information content (AvgIpc) is 2.26. The van der Waals surface area contributed by atoms with Crippen molar-refractivity contribution in [3.63, 3.8) is 0 Å². The fourth-order valence-electron chi connectivity index (χ4n) is 2.12. The van der Waals surface area contributed by atoms with E-state index in [0.29, 0.717) is 5.92 Å². The number of nitrogens with zero attached hydrogens (tertiary/aromatic N) is 1. The lowest BCUT2D eigenvalue weighted by Gasteiger charge is -2.32. The molecule has 1 fully saturated rings. The summed E-state index contributed by atoms with van der Waals surface area (Å²) in [5, 5.41) is 11.6. The Labute approximate surface area is 95.8 Å². The first-order valence-corrected chi connectivity index (χ1v) is 5.77. The van der Waals surface area contributed by atoms with Crippen LogP contribution in [0.3, 0.4) is 0 Å². The summed E-state index contributed by atoms with van der Waals surface area (Å²) in [7, 11) is 1.91. The highest BCUT2D eigenvalue weighted by molar-refractivity contribution is 5.80. The Morgan fingerprint density at radius 1 is 1.44 bits per heavy atom. The molecule has 1 atom stereocenters. The van der Waals surface area contributed by atoms with Crippen LogP contribution < -0.4 is 5.32 Å². The van der Waals surface area contributed by atoms with Crippen molar-refractivity contribution in [1.82, 2.24) is 10.2 Å². The van der Waals surface area contributed by atoms with Crippen molar-refractivity contribution < 1.29 is 14.7 Å². The molecule has 1 aliphatic heterocycles. The zero-order chi connectivity index (χ0) is 12.0. The molecule has 0 radical (unpaired) electrons. The first-order chi connectivity index (χ1) is 7.63. The summed E-state index contributed by atoms with van der Waals surface area (Å²) in [4.78, 5) is 23.9. The van der Waals surface area contributed by atoms with Crippen molar-refractivity contribution in [3.8, 4) is 0 Å². The van der Waals surface area contributed by atoms with E-state index in [9.17, 15) is 9.59 Å². The normalized spacial score (nSPS) is 20.8. The van der Waals surface area contributed by atoms with E-state index in [4.69, 9.17) is 5.11 Å². The molecule has 0 saturated carbocycles. The number of carboxylic acids is 1. The Kier molecular flexibility index (Phi) is 5.25. The van der Waals surface area contributed by atoms with Gasteiger partial charge in [0.15, 0.2) is 0 Å². The Morgan fingerprint density at radius 2 is 2.19 bits per heavy atom. The molecule has 0 aromatic rings. The maximum atomic E-state index is 11.7. The van der Waals surface area contributed by atoms with Crippen molar-refractivity contribution in [2.24, 2.45) is 5.92 Å². The largest absolute Gasteiger partial charge is 0.481 e. The van der Waals surface area contributed by atoms with E-state index in [2.05, 4.69) is 5.32 Å². The monoisotopic (exact) mass is 228 g/mol. The number of nitrogens with one attached hydrogen (secondary N) is 1. The van der Waals surface area contributed by atoms with Crippen molar-refractivity contribution in [2.75, 3.05) is 26.7 Å². The molecule has 1 rings (SSSR count). The number of carboxylic acid groups (broad SMARTS) is 1. The first kappa shape index (κ1) is 13.0. The van der Waals surface area contributed by atoms with Crippen molar-refractivity contribution in [3.05, 3.63) is 0 Å². The third kappa shape index (κ3) is 4.18. The molecule has 5 nitrogen and oxygen atoms in total. The van der Waals surface area contributed by atoms with Gasteiger partial charge in [0.05, 0.1) is 6.42 Å². The van der Waals surface area contributed by atoms with Crippen LogP contribution in [0.25, 0.3) is 0 Å². The van der Waals surface area contributed by atoms with Gasteiger partial charge in [-0.2, -0.15) is 0 Å². The Bertz CT molecular complexity index is 254. The number of carbonyl (C=O) groups is 2. The minimum Gasteiger partial charge on any atom is -0.481 e. The molecule has 0 aromatic carbocycles. The second-order valence-corrected chi connectivity index (χ2v) is 4.30. The molecule has 0 aromatic heterocycles. The Morgan fingerprint density at radius 3 is 2.81 bits per heavy atom. The lowest BCUT2D eigenvalue weighted by molar-refractivity contribution is -0.141. The summed E-state index contributed by atoms with van der Waals surface area (Å²) in [5.41, 5.74) is 0. The second-order valence-electron chi connectivity index (χ2n) is 4.30. The SMILES string of the molecule is CNCC1CCCN(C(=O)CCC(=O)O)C1. The van der Waals surface area contributed by atoms with Crippen LogP contribution in [0, 0.1) is 5.92 Å². The van der Waals surface area contributed by atoms with Crippen LogP contribution in [0.1, 0.15) is 25.7 Å². The van der Waals surface area contributed by atoms with Crippen molar-refractivity contribution in [1.29, 1.82) is 0 Å². The molecule has 5 heteroatoms. The first-order valence-electron chi connectivity index (χ1n) is 5.77. The smallest absolute Gasteiger partial charge is 0.303 e. The summed E-state index contributed by atoms with van der Waals surface area (Å²) in [6, 6.07) is 0. The molecule has 0 aliphatic carbocycles. The maximum Gasteiger partial charge on any atom is 0.303 e. The standard InChI is InChI=1S/C11H20N2O3/c1-12-7-9-3-2-6-13(8-9)10(14)4-5-11(15)16/h9,12H,2-8H2,1H3,(H,15,16). The molecule has 2 N–H and O–H groups in total. The van der Waals surface area contributed by atoms with Gasteiger partial charge in [0.1, 0.15) is 0 Å². The fourth-order valence-corrected chi connectivity index (χ4v) is 2.12. The van der Waals surface area contributed by atoms with E-state index in [0.717, 1.165) is 32.5 Å². The van der Waals surface area contributed by atoms with E-state index in [1.807, 2.05) is 7.05 Å². The quantitative estimate of drug-likeness (QED) is 0.710. The molecule has 0 spiro atoms. The van der Waals surface area contributed by atoms with Crippen LogP contribution in [0.5, 0.6) is 0 Å². The lowest BCUT2D eigenvalue weighted by atomic mass is 9.97. The zero-order valence-corrected chi connectivity index (χ0v) is 9.74. The Balaban J connectivity index is 2.34. The number of amides is 1. The van der Waals surface area contributed by atoms with Crippen molar-refractivity contribution >= 4 is 11.9 Å². The predicted octanol–water partition coefficient (Wildman–Crippen LogP) is 0.309. The Hall–Kier alpha value is -1.10. The van der Waals surface area contributed by atoms with Gasteiger partial charge < -0.3 is 15.3 Å². The van der Waals surface area contributed by atoms with Gasteiger partial charge in [-0.05, 0) is 32.4 Å². The lowest BCUT2D eigenvalue weighted by Crippen LogP contribution is -2.42. The number of carbonyl (C=O) groups excluding carboxylic acids is 1. The van der Waals surface area contributed by atoms with Crippen molar-refractivity contribution in [2.45, 2.75) is 25.7 Å². The molecule has 1 aliphatic rings. The number of rotatable bonds is 5. The molecule has 1 heterocycles. The van der Waals surface area contributed by atoms with Gasteiger partial charge in [0, 0.05) is 19.5 Å². The highest BCUT2D eigenvalue weighted by atomic mass is 16.4. The highest BCUT2D eigenvalue weighted by Crippen LogP contribution is 2.16. The summed E-state index contributed by atoms with van der Waals surface area (Å²) in [6.45, 7) is 2.46. The van der Waals surface area contributed by atoms with E-state index in [1.54, 1.807) is 4.90 Å². The number of likely N-dealkylation sites (tertiary alicyclic amines) is 1. The van der Waals surface area contributed by atoms with E-state index in [-0.39, 0.29) is 18.7 Å². The van der Waals surface area contributed by atoms with E-state index >= 15 is 0 Å². The van der Waals surface area contributed by atoms with Crippen LogP contribution in [-0.4, -0.2) is 48.6 Å². The fraction of sp³-hybridized carbons (Fsp3) is 0.818. The minimum atomic E-state index is -0.905. The number of hydrogen-bond acceptors (Lipinski definition) is 3. The van der Waals surface area contributed by atoms with Gasteiger partial charge >= 0.3 is 5.97 Å². The summed E-state index contributed by atoms with van der Waals surface area (Å²) >= 11 is 0. The van der Waals surface area contributed by atoms with Crippen LogP contribution in [-0.2, 0) is 9.59 Å². The highest BCUT2D eigenvalue weighted by Gasteiger charge is 2.23. The van der Waals surface area contributed by atoms with E-state index in [1.165, 1.54) is 0 Å². The van der Waals surface area contributed by atoms with Crippen LogP contribution in [0.15, 0.2) is 0 Å². The summed E-state index contributed by atoms with van der Waals surface area (Å²) < 4.78 is 0. The number of aliphatic carboxylic acids is 1. The van der Waals surface area contributed by atoms with Crippen LogP contribution in [0.4, 0.5) is 0 Å². The molecule has 16 heavy (non-hydrogen) atoms. The van der Waals surface area contributed by atoms with Gasteiger partial charge in [-0.1, -0.05) is 0 Å². The predicted molar refractivity (Wildman–Crippen MR) is 60.1 cm³/mol. The summed E-state index contributed by atoms with van der Waals surface area (Å²) in [6.07, 6.45) is 2.22. The molecule has 1 saturated heterocycles. The molecule has 1 amide bonds. The third-order valence-corrected chi connectivity index (χ3v) is 2.92. The van der Waals surface area contributed by atoms with Gasteiger partial charge in [-0.25, -0.2) is 0 Å². The third-order valence-electron chi connectivity index (χ3n) is 2.92. The van der Waals surface area contributed by atoms with Gasteiger partial charge in [0.25, 0.3) is 0 Å².